The number of hydrogen-bond donors (Lipinski definition) is 1. The maximum absolute atomic E-state index is 11.0. The summed E-state index contributed by atoms with van der Waals surface area (Å²) < 4.78 is 5.17. The molecular weight excluding hydrogens is 178 g/mol. The number of hydrogen-bond acceptors (Lipinski definition) is 3. The van der Waals surface area contributed by atoms with Gasteiger partial charge in [-0.05, 0) is 13.0 Å². The minimum atomic E-state index is -0.0845. The van der Waals surface area contributed by atoms with Gasteiger partial charge in [0, 0.05) is 6.54 Å². The first-order valence-corrected chi connectivity index (χ1v) is 4.11. The summed E-state index contributed by atoms with van der Waals surface area (Å²) in [6.07, 6.45) is 1.07. The average Bonchev–Trinajstić information content (AvgIpc) is 2.39. The molecule has 1 fully saturated rings. The van der Waals surface area contributed by atoms with E-state index < -0.39 is 0 Å². The van der Waals surface area contributed by atoms with Crippen LogP contribution in [0.2, 0.25) is 0 Å². The molecule has 1 saturated heterocycles. The molecule has 1 N–H and O–H groups in total. The summed E-state index contributed by atoms with van der Waals surface area (Å²) in [4.78, 5) is 11.0. The van der Waals surface area contributed by atoms with Crippen molar-refractivity contribution in [3.05, 3.63) is 0 Å². The highest BCUT2D eigenvalue weighted by Gasteiger charge is 2.19. The van der Waals surface area contributed by atoms with Crippen molar-refractivity contribution in [3.63, 3.8) is 0 Å². The van der Waals surface area contributed by atoms with Crippen molar-refractivity contribution >= 4 is 18.4 Å². The molecule has 72 valence electrons. The summed E-state index contributed by atoms with van der Waals surface area (Å²) in [6, 6.07) is 0. The molecule has 0 amide bonds. The van der Waals surface area contributed by atoms with Crippen LogP contribution in [0.5, 0.6) is 0 Å². The molecule has 0 radical (unpaired) electrons. The molecule has 4 heteroatoms. The zero-order valence-corrected chi connectivity index (χ0v) is 8.32. The summed E-state index contributed by atoms with van der Waals surface area (Å²) in [6.45, 7) is 5.49. The van der Waals surface area contributed by atoms with E-state index in [2.05, 4.69) is 5.32 Å². The number of carbonyl (C=O) groups excluding carboxylic acids is 1. The minimum absolute atomic E-state index is 0. The van der Waals surface area contributed by atoms with E-state index in [1.54, 1.807) is 0 Å². The molecule has 0 bridgehead atoms. The number of nitrogens with one attached hydrogen (secondary N) is 1. The quantitative estimate of drug-likeness (QED) is 0.665. The molecule has 1 unspecified atom stereocenters. The molecule has 3 nitrogen and oxygen atoms in total. The average molecular weight is 194 g/mol. The lowest BCUT2D eigenvalue weighted by Gasteiger charge is -2.11. The highest BCUT2D eigenvalue weighted by Crippen LogP contribution is 2.06. The number of carbonyl (C=O) groups is 1. The second kappa shape index (κ2) is 5.38. The molecular formula is C8H16ClNO2. The molecule has 1 atom stereocenters. The Hall–Kier alpha value is -0.280. The highest BCUT2D eigenvalue weighted by molar-refractivity contribution is 5.85. The smallest absolute Gasteiger partial charge is 0.308 e. The van der Waals surface area contributed by atoms with Crippen LogP contribution in [-0.4, -0.2) is 25.2 Å². The minimum Gasteiger partial charge on any atom is -0.461 e. The standard InChI is InChI=1S/C8H15NO2.ClH/c1-6(2)8(10)11-7-3-4-9-5-7;/h6-7,9H,3-5H2,1-2H3;1H. The Labute approximate surface area is 79.3 Å². The number of rotatable bonds is 2. The molecule has 0 aromatic rings. The van der Waals surface area contributed by atoms with Crippen molar-refractivity contribution in [3.8, 4) is 0 Å². The normalized spacial score (nSPS) is 22.1. The number of ether oxygens (including phenoxy) is 1. The van der Waals surface area contributed by atoms with Crippen LogP contribution in [0.1, 0.15) is 20.3 Å². The van der Waals surface area contributed by atoms with Gasteiger partial charge < -0.3 is 10.1 Å². The van der Waals surface area contributed by atoms with Crippen molar-refractivity contribution in [2.75, 3.05) is 13.1 Å². The van der Waals surface area contributed by atoms with Gasteiger partial charge in [-0.2, -0.15) is 0 Å². The first-order chi connectivity index (χ1) is 5.20. The Morgan fingerprint density at radius 3 is 2.67 bits per heavy atom. The van der Waals surface area contributed by atoms with Gasteiger partial charge in [0.2, 0.25) is 0 Å². The number of halogens is 1. The molecule has 1 rings (SSSR count). The van der Waals surface area contributed by atoms with Gasteiger partial charge in [0.25, 0.3) is 0 Å². The van der Waals surface area contributed by atoms with E-state index in [1.165, 1.54) is 0 Å². The Kier molecular flexibility index (Phi) is 5.25. The SMILES string of the molecule is CC(C)C(=O)OC1CCNC1.Cl. The van der Waals surface area contributed by atoms with Gasteiger partial charge >= 0.3 is 5.97 Å². The van der Waals surface area contributed by atoms with Crippen LogP contribution in [0.3, 0.4) is 0 Å². The van der Waals surface area contributed by atoms with Gasteiger partial charge in [-0.3, -0.25) is 4.79 Å². The van der Waals surface area contributed by atoms with E-state index in [0.717, 1.165) is 19.5 Å². The van der Waals surface area contributed by atoms with Crippen molar-refractivity contribution in [2.24, 2.45) is 5.92 Å². The molecule has 12 heavy (non-hydrogen) atoms. The van der Waals surface area contributed by atoms with Gasteiger partial charge in [-0.15, -0.1) is 12.4 Å². The lowest BCUT2D eigenvalue weighted by atomic mass is 10.2. The van der Waals surface area contributed by atoms with Gasteiger partial charge in [0.15, 0.2) is 0 Å². The molecule has 0 saturated carbocycles. The maximum atomic E-state index is 11.0. The molecule has 0 aromatic heterocycles. The highest BCUT2D eigenvalue weighted by atomic mass is 35.5. The Morgan fingerprint density at radius 2 is 2.25 bits per heavy atom. The summed E-state index contributed by atoms with van der Waals surface area (Å²) in [5, 5.41) is 3.14. The second-order valence-electron chi connectivity index (χ2n) is 3.21. The Bertz CT molecular complexity index is 144. The van der Waals surface area contributed by atoms with Crippen molar-refractivity contribution in [2.45, 2.75) is 26.4 Å². The molecule has 0 aliphatic carbocycles. The van der Waals surface area contributed by atoms with Crippen LogP contribution in [0.25, 0.3) is 0 Å². The molecule has 0 spiro atoms. The van der Waals surface area contributed by atoms with Crippen LogP contribution in [0.15, 0.2) is 0 Å². The van der Waals surface area contributed by atoms with Gasteiger partial charge in [0.05, 0.1) is 5.92 Å². The third-order valence-corrected chi connectivity index (χ3v) is 1.77. The van der Waals surface area contributed by atoms with Crippen molar-refractivity contribution in [1.82, 2.24) is 5.32 Å². The molecule has 1 heterocycles. The zero-order chi connectivity index (χ0) is 8.27. The van der Waals surface area contributed by atoms with E-state index in [0.29, 0.717) is 0 Å². The fourth-order valence-corrected chi connectivity index (χ4v) is 1.03. The Balaban J connectivity index is 0.00000121. The number of esters is 1. The van der Waals surface area contributed by atoms with Crippen LogP contribution in [0.4, 0.5) is 0 Å². The van der Waals surface area contributed by atoms with E-state index in [1.807, 2.05) is 13.8 Å². The Morgan fingerprint density at radius 1 is 1.58 bits per heavy atom. The third-order valence-electron chi connectivity index (χ3n) is 1.77. The van der Waals surface area contributed by atoms with E-state index in [4.69, 9.17) is 4.74 Å². The van der Waals surface area contributed by atoms with Crippen LogP contribution in [-0.2, 0) is 9.53 Å². The van der Waals surface area contributed by atoms with E-state index >= 15 is 0 Å². The lowest BCUT2D eigenvalue weighted by Crippen LogP contribution is -2.23. The molecule has 1 aliphatic rings. The van der Waals surface area contributed by atoms with Crippen LogP contribution in [0, 0.1) is 5.92 Å². The second-order valence-corrected chi connectivity index (χ2v) is 3.21. The predicted octanol–water partition coefficient (Wildman–Crippen LogP) is 0.969. The van der Waals surface area contributed by atoms with Crippen molar-refractivity contribution in [1.29, 1.82) is 0 Å². The molecule has 0 aromatic carbocycles. The fourth-order valence-electron chi connectivity index (χ4n) is 1.03. The van der Waals surface area contributed by atoms with E-state index in [9.17, 15) is 4.79 Å². The monoisotopic (exact) mass is 193 g/mol. The van der Waals surface area contributed by atoms with Crippen molar-refractivity contribution < 1.29 is 9.53 Å². The summed E-state index contributed by atoms with van der Waals surface area (Å²) in [5.41, 5.74) is 0. The first kappa shape index (κ1) is 11.7. The summed E-state index contributed by atoms with van der Waals surface area (Å²) in [7, 11) is 0. The topological polar surface area (TPSA) is 38.3 Å². The lowest BCUT2D eigenvalue weighted by molar-refractivity contribution is -0.151. The summed E-state index contributed by atoms with van der Waals surface area (Å²) >= 11 is 0. The summed E-state index contributed by atoms with van der Waals surface area (Å²) in [5.74, 6) is -0.0886. The zero-order valence-electron chi connectivity index (χ0n) is 7.50. The molecule has 1 aliphatic heterocycles. The van der Waals surface area contributed by atoms with Crippen LogP contribution >= 0.6 is 12.4 Å². The van der Waals surface area contributed by atoms with Crippen LogP contribution < -0.4 is 5.32 Å². The largest absolute Gasteiger partial charge is 0.461 e. The third kappa shape index (κ3) is 3.41. The fraction of sp³-hybridized carbons (Fsp3) is 0.875. The maximum Gasteiger partial charge on any atom is 0.308 e. The van der Waals surface area contributed by atoms with Gasteiger partial charge in [0.1, 0.15) is 6.10 Å². The predicted molar refractivity (Wildman–Crippen MR) is 49.5 cm³/mol. The van der Waals surface area contributed by atoms with E-state index in [-0.39, 0.29) is 30.4 Å². The first-order valence-electron chi connectivity index (χ1n) is 4.11. The van der Waals surface area contributed by atoms with Gasteiger partial charge in [-0.25, -0.2) is 0 Å². The van der Waals surface area contributed by atoms with Gasteiger partial charge in [-0.1, -0.05) is 13.8 Å².